The van der Waals surface area contributed by atoms with Crippen LogP contribution in [0.5, 0.6) is 0 Å². The molecule has 23 heavy (non-hydrogen) atoms. The normalized spacial score (nSPS) is 10.3. The van der Waals surface area contributed by atoms with E-state index >= 15 is 0 Å². The van der Waals surface area contributed by atoms with Gasteiger partial charge in [-0.15, -0.1) is 0 Å². The maximum Gasteiger partial charge on any atom is 0.382 e. The summed E-state index contributed by atoms with van der Waals surface area (Å²) in [6, 6.07) is 0. The van der Waals surface area contributed by atoms with Crippen molar-refractivity contribution in [3.05, 3.63) is 0 Å². The average Bonchev–Trinajstić information content (AvgIpc) is 2.50. The van der Waals surface area contributed by atoms with Crippen LogP contribution < -0.4 is 0 Å². The number of rotatable bonds is 14. The molecule has 132 valence electrons. The van der Waals surface area contributed by atoms with E-state index in [1.807, 2.05) is 0 Å². The van der Waals surface area contributed by atoms with Crippen LogP contribution in [0.25, 0.3) is 0 Å². The van der Waals surface area contributed by atoms with E-state index in [0.717, 1.165) is 38.5 Å². The van der Waals surface area contributed by atoms with Gasteiger partial charge in [-0.1, -0.05) is 45.4 Å². The Balaban J connectivity index is 3.62. The first-order valence-corrected chi connectivity index (χ1v) is 8.47. The molecule has 0 aliphatic carbocycles. The lowest BCUT2D eigenvalue weighted by Crippen LogP contribution is -2.21. The third-order valence-corrected chi connectivity index (χ3v) is 3.46. The van der Waals surface area contributed by atoms with Crippen molar-refractivity contribution in [3.63, 3.8) is 0 Å². The van der Waals surface area contributed by atoms with E-state index in [0.29, 0.717) is 19.3 Å². The van der Waals surface area contributed by atoms with Gasteiger partial charge in [-0.3, -0.25) is 14.4 Å². The number of ether oxygens (including phenoxy) is 1. The minimum absolute atomic E-state index is 0.105. The van der Waals surface area contributed by atoms with Crippen molar-refractivity contribution < 1.29 is 29.0 Å². The Morgan fingerprint density at radius 1 is 0.739 bits per heavy atom. The topological polar surface area (TPSA) is 97.7 Å². The van der Waals surface area contributed by atoms with Gasteiger partial charge in [-0.05, 0) is 19.3 Å². The minimum Gasteiger partial charge on any atom is -0.481 e. The van der Waals surface area contributed by atoms with Crippen molar-refractivity contribution in [1.29, 1.82) is 0 Å². The molecule has 6 nitrogen and oxygen atoms in total. The van der Waals surface area contributed by atoms with Gasteiger partial charge >= 0.3 is 17.9 Å². The summed E-state index contributed by atoms with van der Waals surface area (Å²) in [7, 11) is 0. The summed E-state index contributed by atoms with van der Waals surface area (Å²) in [6.07, 6.45) is 7.63. The summed E-state index contributed by atoms with van der Waals surface area (Å²) in [4.78, 5) is 44.6. The Morgan fingerprint density at radius 2 is 1.26 bits per heavy atom. The van der Waals surface area contributed by atoms with E-state index in [9.17, 15) is 19.2 Å². The Hall–Kier alpha value is -1.72. The number of carbonyl (C=O) groups excluding carboxylic acids is 3. The quantitative estimate of drug-likeness (QED) is 0.227. The molecular formula is C17H28O6. The van der Waals surface area contributed by atoms with Gasteiger partial charge in [0.1, 0.15) is 0 Å². The van der Waals surface area contributed by atoms with Crippen LogP contribution in [-0.4, -0.2) is 28.8 Å². The second-order valence-electron chi connectivity index (χ2n) is 5.66. The first-order chi connectivity index (χ1) is 11.0. The third-order valence-electron chi connectivity index (χ3n) is 3.46. The molecule has 0 aromatic rings. The zero-order valence-electron chi connectivity index (χ0n) is 14.0. The van der Waals surface area contributed by atoms with Crippen LogP contribution >= 0.6 is 0 Å². The van der Waals surface area contributed by atoms with Crippen molar-refractivity contribution >= 4 is 23.7 Å². The number of hydrogen-bond donors (Lipinski definition) is 1. The van der Waals surface area contributed by atoms with Gasteiger partial charge in [0.2, 0.25) is 5.78 Å². The molecule has 0 heterocycles. The van der Waals surface area contributed by atoms with Gasteiger partial charge in [-0.25, -0.2) is 4.79 Å². The predicted molar refractivity (Wildman–Crippen MR) is 84.8 cm³/mol. The molecule has 0 radical (unpaired) electrons. The van der Waals surface area contributed by atoms with Crippen molar-refractivity contribution in [2.45, 2.75) is 84.0 Å². The first-order valence-electron chi connectivity index (χ1n) is 8.47. The maximum atomic E-state index is 11.5. The smallest absolute Gasteiger partial charge is 0.382 e. The maximum absolute atomic E-state index is 11.5. The van der Waals surface area contributed by atoms with Gasteiger partial charge < -0.3 is 9.84 Å². The largest absolute Gasteiger partial charge is 0.481 e. The molecule has 0 spiro atoms. The van der Waals surface area contributed by atoms with Gasteiger partial charge in [0.05, 0.1) is 0 Å². The van der Waals surface area contributed by atoms with E-state index < -0.39 is 23.7 Å². The highest BCUT2D eigenvalue weighted by molar-refractivity contribution is 6.35. The number of Topliss-reactive ketones (excluding diaryl/α,β-unsaturated/α-hetero) is 1. The fraction of sp³-hybridized carbons (Fsp3) is 0.765. The number of carboxylic acid groups (broad SMARTS) is 1. The summed E-state index contributed by atoms with van der Waals surface area (Å²) >= 11 is 0. The van der Waals surface area contributed by atoms with E-state index in [4.69, 9.17) is 5.11 Å². The van der Waals surface area contributed by atoms with E-state index in [2.05, 4.69) is 11.7 Å². The number of hydrogen-bond acceptors (Lipinski definition) is 5. The number of aliphatic carboxylic acids is 1. The fourth-order valence-corrected chi connectivity index (χ4v) is 2.10. The van der Waals surface area contributed by atoms with Crippen LogP contribution in [0.4, 0.5) is 0 Å². The van der Waals surface area contributed by atoms with Crippen LogP contribution in [0.2, 0.25) is 0 Å². The first kappa shape index (κ1) is 21.3. The molecule has 0 aromatic heterocycles. The molecule has 1 N–H and O–H groups in total. The summed E-state index contributed by atoms with van der Waals surface area (Å²) in [6.45, 7) is 2.06. The molecule has 0 amide bonds. The summed E-state index contributed by atoms with van der Waals surface area (Å²) in [5, 5.41) is 8.48. The second-order valence-corrected chi connectivity index (χ2v) is 5.66. The van der Waals surface area contributed by atoms with Gasteiger partial charge in [0, 0.05) is 19.3 Å². The Kier molecular flexibility index (Phi) is 12.9. The summed E-state index contributed by atoms with van der Waals surface area (Å²) in [5.74, 6) is -3.15. The van der Waals surface area contributed by atoms with Gasteiger partial charge in [0.15, 0.2) is 0 Å². The molecule has 0 aliphatic heterocycles. The Labute approximate surface area is 137 Å². The summed E-state index contributed by atoms with van der Waals surface area (Å²) in [5.41, 5.74) is 0. The molecule has 0 fully saturated rings. The molecule has 0 aliphatic rings. The zero-order valence-corrected chi connectivity index (χ0v) is 14.0. The SMILES string of the molecule is CCCCCCC(=O)C(=O)OC(=O)CCCCCCCC(=O)O. The third kappa shape index (κ3) is 13.7. The van der Waals surface area contributed by atoms with Crippen LogP contribution in [0, 0.1) is 0 Å². The number of carboxylic acids is 1. The highest BCUT2D eigenvalue weighted by Gasteiger charge is 2.18. The Bertz CT molecular complexity index is 389. The standard InChI is InChI=1S/C17H28O6/c1-2-3-4-8-11-14(18)17(22)23-16(21)13-10-7-5-6-9-12-15(19)20/h2-13H2,1H3,(H,19,20). The van der Waals surface area contributed by atoms with Gasteiger partial charge in [-0.2, -0.15) is 0 Å². The second kappa shape index (κ2) is 13.9. The summed E-state index contributed by atoms with van der Waals surface area (Å²) < 4.78 is 4.52. The van der Waals surface area contributed by atoms with E-state index in [1.54, 1.807) is 0 Å². The van der Waals surface area contributed by atoms with E-state index in [-0.39, 0.29) is 19.3 Å². The van der Waals surface area contributed by atoms with Crippen molar-refractivity contribution in [3.8, 4) is 0 Å². The molecule has 0 unspecified atom stereocenters. The predicted octanol–water partition coefficient (Wildman–Crippen LogP) is 3.41. The Morgan fingerprint density at radius 3 is 1.87 bits per heavy atom. The fourth-order valence-electron chi connectivity index (χ4n) is 2.10. The molecule has 0 saturated carbocycles. The monoisotopic (exact) mass is 328 g/mol. The molecule has 0 saturated heterocycles. The highest BCUT2D eigenvalue weighted by Crippen LogP contribution is 2.08. The lowest BCUT2D eigenvalue weighted by molar-refractivity contribution is -0.164. The number of esters is 2. The molecule has 0 bridgehead atoms. The minimum atomic E-state index is -1.05. The number of unbranched alkanes of at least 4 members (excludes halogenated alkanes) is 7. The van der Waals surface area contributed by atoms with Crippen LogP contribution in [0.1, 0.15) is 84.0 Å². The highest BCUT2D eigenvalue weighted by atomic mass is 16.6. The number of carbonyl (C=O) groups is 4. The van der Waals surface area contributed by atoms with Gasteiger partial charge in [0.25, 0.3) is 0 Å². The van der Waals surface area contributed by atoms with Crippen molar-refractivity contribution in [1.82, 2.24) is 0 Å². The van der Waals surface area contributed by atoms with Crippen LogP contribution in [-0.2, 0) is 23.9 Å². The van der Waals surface area contributed by atoms with Crippen LogP contribution in [0.3, 0.4) is 0 Å². The molecular weight excluding hydrogens is 300 g/mol. The molecule has 0 rings (SSSR count). The van der Waals surface area contributed by atoms with Crippen LogP contribution in [0.15, 0.2) is 0 Å². The van der Waals surface area contributed by atoms with Crippen molar-refractivity contribution in [2.24, 2.45) is 0 Å². The molecule has 0 atom stereocenters. The van der Waals surface area contributed by atoms with Crippen molar-refractivity contribution in [2.75, 3.05) is 0 Å². The zero-order chi connectivity index (χ0) is 17.5. The average molecular weight is 328 g/mol. The molecule has 6 heteroatoms. The van der Waals surface area contributed by atoms with E-state index in [1.165, 1.54) is 0 Å². The lowest BCUT2D eigenvalue weighted by Gasteiger charge is -2.03. The number of ketones is 1. The lowest BCUT2D eigenvalue weighted by atomic mass is 10.1. The molecule has 0 aromatic carbocycles.